The molecule has 0 aliphatic rings. The van der Waals surface area contributed by atoms with Crippen molar-refractivity contribution in [1.82, 2.24) is 9.97 Å². The first kappa shape index (κ1) is 14.9. The Morgan fingerprint density at radius 2 is 1.79 bits per heavy atom. The highest BCUT2D eigenvalue weighted by Crippen LogP contribution is 2.30. The van der Waals surface area contributed by atoms with E-state index in [1.54, 1.807) is 0 Å². The molecule has 0 unspecified atom stereocenters. The van der Waals surface area contributed by atoms with Gasteiger partial charge in [0, 0.05) is 13.1 Å². The molecule has 1 aromatic rings. The Morgan fingerprint density at radius 1 is 1.21 bits per heavy atom. The normalized spacial score (nSPS) is 10.1. The van der Waals surface area contributed by atoms with E-state index in [1.807, 2.05) is 11.8 Å². The first-order valence-corrected chi connectivity index (χ1v) is 5.97. The summed E-state index contributed by atoms with van der Waals surface area (Å²) in [6.07, 6.45) is 0.886. The molecule has 0 aliphatic heterocycles. The highest BCUT2D eigenvalue weighted by atomic mass is 16.5. The molecule has 0 amide bonds. The van der Waals surface area contributed by atoms with Gasteiger partial charge in [-0.3, -0.25) is 0 Å². The molecule has 0 saturated heterocycles. The summed E-state index contributed by atoms with van der Waals surface area (Å²) in [6, 6.07) is 0. The first-order chi connectivity index (χ1) is 9.17. The van der Waals surface area contributed by atoms with Gasteiger partial charge in [-0.25, -0.2) is 0 Å². The molecule has 0 aliphatic carbocycles. The van der Waals surface area contributed by atoms with E-state index in [-0.39, 0.29) is 24.0 Å². The van der Waals surface area contributed by atoms with E-state index >= 15 is 0 Å². The Bertz CT molecular complexity index is 402. The minimum atomic E-state index is 0.165. The van der Waals surface area contributed by atoms with Crippen LogP contribution in [-0.2, 0) is 0 Å². The van der Waals surface area contributed by atoms with Crippen LogP contribution in [0, 0.1) is 4.91 Å². The molecule has 0 atom stereocenters. The second-order valence-corrected chi connectivity index (χ2v) is 3.80. The van der Waals surface area contributed by atoms with Crippen molar-refractivity contribution in [2.75, 3.05) is 44.5 Å². The summed E-state index contributed by atoms with van der Waals surface area (Å²) in [5, 5.41) is 2.85. The molecule has 0 bridgehead atoms. The number of nitrogens with zero attached hydrogens (tertiary/aromatic N) is 4. The van der Waals surface area contributed by atoms with Gasteiger partial charge in [0.05, 0.1) is 20.8 Å². The van der Waals surface area contributed by atoms with Crippen LogP contribution in [0.3, 0.4) is 0 Å². The summed E-state index contributed by atoms with van der Waals surface area (Å²) in [6.45, 7) is 3.32. The van der Waals surface area contributed by atoms with Crippen molar-refractivity contribution in [3.05, 3.63) is 4.91 Å². The van der Waals surface area contributed by atoms with E-state index in [4.69, 9.17) is 15.2 Å². The van der Waals surface area contributed by atoms with Crippen molar-refractivity contribution in [3.63, 3.8) is 0 Å². The molecule has 0 aromatic carbocycles. The van der Waals surface area contributed by atoms with E-state index in [9.17, 15) is 4.91 Å². The molecular formula is C11H19N5O3. The highest BCUT2D eigenvalue weighted by molar-refractivity contribution is 5.59. The van der Waals surface area contributed by atoms with Crippen LogP contribution in [0.15, 0.2) is 5.18 Å². The zero-order valence-electron chi connectivity index (χ0n) is 11.4. The van der Waals surface area contributed by atoms with Crippen LogP contribution in [-0.4, -0.2) is 43.8 Å². The van der Waals surface area contributed by atoms with Gasteiger partial charge in [-0.1, -0.05) is 12.1 Å². The Labute approximate surface area is 111 Å². The molecular weight excluding hydrogens is 250 g/mol. The lowest BCUT2D eigenvalue weighted by molar-refractivity contribution is 0.376. The third-order valence-electron chi connectivity index (χ3n) is 2.49. The Morgan fingerprint density at radius 3 is 2.21 bits per heavy atom. The minimum absolute atomic E-state index is 0.165. The largest absolute Gasteiger partial charge is 0.479 e. The number of nitrogen functional groups attached to an aromatic ring is 1. The van der Waals surface area contributed by atoms with E-state index in [1.165, 1.54) is 14.2 Å². The summed E-state index contributed by atoms with van der Waals surface area (Å²) < 4.78 is 10.2. The van der Waals surface area contributed by atoms with Crippen LogP contribution < -0.4 is 20.1 Å². The number of hydrogen-bond donors (Lipinski definition) is 1. The van der Waals surface area contributed by atoms with Gasteiger partial charge in [0.1, 0.15) is 0 Å². The third-order valence-corrected chi connectivity index (χ3v) is 2.49. The van der Waals surface area contributed by atoms with E-state index < -0.39 is 0 Å². The maximum Gasteiger partial charge on any atom is 0.245 e. The summed E-state index contributed by atoms with van der Waals surface area (Å²) in [7, 11) is 2.94. The molecule has 1 rings (SSSR count). The molecule has 0 saturated carbocycles. The fraction of sp³-hybridized carbons (Fsp3) is 0.636. The van der Waals surface area contributed by atoms with E-state index in [2.05, 4.69) is 15.1 Å². The van der Waals surface area contributed by atoms with Crippen molar-refractivity contribution in [1.29, 1.82) is 0 Å². The number of aromatic nitrogens is 2. The van der Waals surface area contributed by atoms with Crippen LogP contribution >= 0.6 is 0 Å². The zero-order valence-corrected chi connectivity index (χ0v) is 11.4. The van der Waals surface area contributed by atoms with Gasteiger partial charge in [-0.05, 0) is 6.42 Å². The molecule has 0 radical (unpaired) electrons. The Hall–Kier alpha value is -2.12. The predicted molar refractivity (Wildman–Crippen MR) is 72.7 cm³/mol. The van der Waals surface area contributed by atoms with E-state index in [0.717, 1.165) is 6.42 Å². The molecule has 19 heavy (non-hydrogen) atoms. The number of methoxy groups -OCH3 is 2. The smallest absolute Gasteiger partial charge is 0.245 e. The van der Waals surface area contributed by atoms with Crippen LogP contribution in [0.2, 0.25) is 0 Å². The molecule has 1 heterocycles. The number of nitrogens with two attached hydrogens (primary N) is 1. The fourth-order valence-corrected chi connectivity index (χ4v) is 1.61. The van der Waals surface area contributed by atoms with Crippen molar-refractivity contribution < 1.29 is 9.47 Å². The molecule has 106 valence electrons. The lowest BCUT2D eigenvalue weighted by Crippen LogP contribution is -2.29. The lowest BCUT2D eigenvalue weighted by atomic mass is 10.4. The lowest BCUT2D eigenvalue weighted by Gasteiger charge is -2.22. The SMILES string of the molecule is CCCN(CCN=O)c1nc(OC)c(N)c(OC)n1. The molecule has 2 N–H and O–H groups in total. The summed E-state index contributed by atoms with van der Waals surface area (Å²) in [5.41, 5.74) is 6.03. The minimum Gasteiger partial charge on any atom is -0.479 e. The van der Waals surface area contributed by atoms with Gasteiger partial charge in [0.25, 0.3) is 0 Å². The fourth-order valence-electron chi connectivity index (χ4n) is 1.61. The molecule has 0 fully saturated rings. The number of ether oxygens (including phenoxy) is 2. The Kier molecular flexibility index (Phi) is 5.77. The van der Waals surface area contributed by atoms with Crippen LogP contribution in [0.5, 0.6) is 11.8 Å². The summed E-state index contributed by atoms with van der Waals surface area (Å²) in [5.74, 6) is 0.914. The number of anilines is 2. The van der Waals surface area contributed by atoms with Crippen molar-refractivity contribution in [2.24, 2.45) is 5.18 Å². The second-order valence-electron chi connectivity index (χ2n) is 3.80. The van der Waals surface area contributed by atoms with Gasteiger partial charge in [0.15, 0.2) is 5.69 Å². The van der Waals surface area contributed by atoms with Gasteiger partial charge < -0.3 is 20.1 Å². The van der Waals surface area contributed by atoms with E-state index in [0.29, 0.717) is 19.0 Å². The number of rotatable bonds is 8. The van der Waals surface area contributed by atoms with Crippen LogP contribution in [0.4, 0.5) is 11.6 Å². The molecule has 8 heteroatoms. The van der Waals surface area contributed by atoms with Gasteiger partial charge in [-0.2, -0.15) is 14.9 Å². The second kappa shape index (κ2) is 7.34. The third kappa shape index (κ3) is 3.67. The molecule has 1 aromatic heterocycles. The first-order valence-electron chi connectivity index (χ1n) is 5.97. The maximum atomic E-state index is 10.3. The Balaban J connectivity index is 3.10. The quantitative estimate of drug-likeness (QED) is 0.704. The van der Waals surface area contributed by atoms with Crippen LogP contribution in [0.1, 0.15) is 13.3 Å². The van der Waals surface area contributed by atoms with Crippen molar-refractivity contribution >= 4 is 11.6 Å². The van der Waals surface area contributed by atoms with Gasteiger partial charge in [0.2, 0.25) is 17.7 Å². The van der Waals surface area contributed by atoms with Gasteiger partial charge >= 0.3 is 0 Å². The average Bonchev–Trinajstić information content (AvgIpc) is 2.43. The maximum absolute atomic E-state index is 10.3. The average molecular weight is 269 g/mol. The molecule has 8 nitrogen and oxygen atoms in total. The molecule has 0 spiro atoms. The standard InChI is InChI=1S/C11H19N5O3/c1-4-6-16(7-5-13-17)11-14-9(18-2)8(12)10(15-11)19-3/h4-7,12H2,1-3H3. The van der Waals surface area contributed by atoms with Crippen molar-refractivity contribution in [2.45, 2.75) is 13.3 Å². The predicted octanol–water partition coefficient (Wildman–Crippen LogP) is 1.06. The van der Waals surface area contributed by atoms with Gasteiger partial charge in [-0.15, -0.1) is 0 Å². The number of hydrogen-bond acceptors (Lipinski definition) is 8. The summed E-state index contributed by atoms with van der Waals surface area (Å²) >= 11 is 0. The summed E-state index contributed by atoms with van der Waals surface area (Å²) in [4.78, 5) is 20.5. The topological polar surface area (TPSA) is 103 Å². The monoisotopic (exact) mass is 269 g/mol. The van der Waals surface area contributed by atoms with Crippen LogP contribution in [0.25, 0.3) is 0 Å². The number of nitroso groups, excluding NO2 is 1. The van der Waals surface area contributed by atoms with Crippen molar-refractivity contribution in [3.8, 4) is 11.8 Å². The zero-order chi connectivity index (χ0) is 14.3. The highest BCUT2D eigenvalue weighted by Gasteiger charge is 2.17.